The van der Waals surface area contributed by atoms with Gasteiger partial charge in [0.15, 0.2) is 0 Å². The van der Waals surface area contributed by atoms with Crippen molar-refractivity contribution in [2.24, 2.45) is 11.3 Å². The number of carbonyl (C=O) groups is 2. The third kappa shape index (κ3) is 2.97. The Labute approximate surface area is 147 Å². The number of nitrogens with zero attached hydrogens (tertiary/aromatic N) is 3. The van der Waals surface area contributed by atoms with E-state index in [1.165, 1.54) is 0 Å². The third-order valence-electron chi connectivity index (χ3n) is 5.27. The average molecular weight is 346 g/mol. The molecule has 1 aromatic heterocycles. The molecule has 3 rings (SSSR count). The average Bonchev–Trinajstić information content (AvgIpc) is 3.16. The number of rotatable bonds is 5. The van der Waals surface area contributed by atoms with E-state index < -0.39 is 17.3 Å². The predicted octanol–water partition coefficient (Wildman–Crippen LogP) is 1.24. The topological polar surface area (TPSA) is 89.5 Å². The van der Waals surface area contributed by atoms with Crippen molar-refractivity contribution in [3.8, 4) is 0 Å². The summed E-state index contributed by atoms with van der Waals surface area (Å²) in [5.41, 5.74) is 0.857. The van der Waals surface area contributed by atoms with E-state index in [0.29, 0.717) is 26.2 Å². The van der Waals surface area contributed by atoms with Gasteiger partial charge < -0.3 is 10.0 Å². The number of carboxylic acids is 1. The first-order chi connectivity index (χ1) is 11.7. The van der Waals surface area contributed by atoms with E-state index in [9.17, 15) is 14.7 Å². The zero-order valence-electron chi connectivity index (χ0n) is 15.1. The first-order valence-electron chi connectivity index (χ1n) is 8.57. The van der Waals surface area contributed by atoms with E-state index in [-0.39, 0.29) is 17.9 Å². The van der Waals surface area contributed by atoms with Crippen molar-refractivity contribution >= 4 is 11.9 Å². The van der Waals surface area contributed by atoms with E-state index in [4.69, 9.17) is 0 Å². The molecular formula is C18H26N4O3. The zero-order chi connectivity index (χ0) is 18.4. The highest BCUT2D eigenvalue weighted by molar-refractivity contribution is 5.92. The summed E-state index contributed by atoms with van der Waals surface area (Å²) in [5.74, 6) is -1.46. The maximum Gasteiger partial charge on any atom is 0.313 e. The van der Waals surface area contributed by atoms with Gasteiger partial charge in [-0.1, -0.05) is 26.8 Å². The van der Waals surface area contributed by atoms with Gasteiger partial charge in [0.2, 0.25) is 5.91 Å². The Kier molecular flexibility index (Phi) is 4.23. The molecule has 0 radical (unpaired) electrons. The van der Waals surface area contributed by atoms with E-state index in [0.717, 1.165) is 11.4 Å². The van der Waals surface area contributed by atoms with Crippen LogP contribution in [-0.2, 0) is 21.5 Å². The second kappa shape index (κ2) is 5.98. The molecule has 3 heterocycles. The van der Waals surface area contributed by atoms with Gasteiger partial charge in [-0.2, -0.15) is 5.10 Å². The van der Waals surface area contributed by atoms with Crippen molar-refractivity contribution < 1.29 is 14.7 Å². The highest BCUT2D eigenvalue weighted by Gasteiger charge is 2.61. The lowest BCUT2D eigenvalue weighted by Crippen LogP contribution is -2.40. The largest absolute Gasteiger partial charge is 0.481 e. The first-order valence-corrected chi connectivity index (χ1v) is 8.57. The lowest BCUT2D eigenvalue weighted by molar-refractivity contribution is -0.149. The number of carbonyl (C=O) groups excluding carboxylic acids is 1. The molecule has 7 heteroatoms. The van der Waals surface area contributed by atoms with Crippen LogP contribution in [-0.4, -0.2) is 63.2 Å². The minimum Gasteiger partial charge on any atom is -0.481 e. The van der Waals surface area contributed by atoms with Crippen LogP contribution < -0.4 is 0 Å². The lowest BCUT2D eigenvalue weighted by Gasteiger charge is -2.24. The normalized spacial score (nSPS) is 26.9. The summed E-state index contributed by atoms with van der Waals surface area (Å²) in [6, 6.07) is 2.02. The number of hydrogen-bond donors (Lipinski definition) is 2. The Morgan fingerprint density at radius 2 is 2.24 bits per heavy atom. The van der Waals surface area contributed by atoms with Crippen molar-refractivity contribution in [3.05, 3.63) is 30.1 Å². The molecule has 136 valence electrons. The Balaban J connectivity index is 1.76. The maximum absolute atomic E-state index is 12.6. The van der Waals surface area contributed by atoms with Crippen LogP contribution in [0.1, 0.15) is 32.2 Å². The van der Waals surface area contributed by atoms with Gasteiger partial charge in [-0.15, -0.1) is 6.58 Å². The molecule has 2 fully saturated rings. The molecule has 1 aromatic rings. The van der Waals surface area contributed by atoms with Crippen LogP contribution in [0, 0.1) is 11.3 Å². The molecule has 25 heavy (non-hydrogen) atoms. The lowest BCUT2D eigenvalue weighted by atomic mass is 9.81. The molecule has 2 aliphatic heterocycles. The summed E-state index contributed by atoms with van der Waals surface area (Å²) >= 11 is 0. The summed E-state index contributed by atoms with van der Waals surface area (Å²) in [4.78, 5) is 28.2. The third-order valence-corrected chi connectivity index (χ3v) is 5.27. The molecule has 0 bridgehead atoms. The molecule has 7 nitrogen and oxygen atoms in total. The number of fused-ring (bicyclic) bond motifs is 1. The summed E-state index contributed by atoms with van der Waals surface area (Å²) in [5, 5.41) is 17.2. The fourth-order valence-corrected chi connectivity index (χ4v) is 3.90. The summed E-state index contributed by atoms with van der Waals surface area (Å²) in [6.45, 7) is 12.0. The van der Waals surface area contributed by atoms with Crippen molar-refractivity contribution in [1.29, 1.82) is 0 Å². The smallest absolute Gasteiger partial charge is 0.313 e. The standard InChI is InChI=1S/C18H26N4O3/c1-5-6-22-11-18(16(24)25)10-21(9-13(18)15(22)23)8-12-7-14(20-19-12)17(2,3)4/h5,7,13H,1,6,8-11H2,2-4H3,(H,19,20)(H,24,25)/t13-,18-/m1/s1. The fourth-order valence-electron chi connectivity index (χ4n) is 3.90. The minimum absolute atomic E-state index is 0.0420. The number of carboxylic acid groups (broad SMARTS) is 1. The van der Waals surface area contributed by atoms with Crippen molar-refractivity contribution in [2.45, 2.75) is 32.7 Å². The van der Waals surface area contributed by atoms with Crippen LogP contribution in [0.3, 0.4) is 0 Å². The molecule has 2 aliphatic rings. The molecular weight excluding hydrogens is 320 g/mol. The number of hydrogen-bond acceptors (Lipinski definition) is 4. The summed E-state index contributed by atoms with van der Waals surface area (Å²) in [6.07, 6.45) is 1.64. The van der Waals surface area contributed by atoms with Crippen LogP contribution in [0.5, 0.6) is 0 Å². The monoisotopic (exact) mass is 346 g/mol. The van der Waals surface area contributed by atoms with Crippen molar-refractivity contribution in [2.75, 3.05) is 26.2 Å². The summed E-state index contributed by atoms with van der Waals surface area (Å²) in [7, 11) is 0. The first kappa shape index (κ1) is 17.7. The van der Waals surface area contributed by atoms with Gasteiger partial charge in [-0.05, 0) is 6.07 Å². The number of H-pyrrole nitrogens is 1. The van der Waals surface area contributed by atoms with Gasteiger partial charge in [0.1, 0.15) is 5.41 Å². The highest BCUT2D eigenvalue weighted by atomic mass is 16.4. The van der Waals surface area contributed by atoms with Gasteiger partial charge >= 0.3 is 5.97 Å². The zero-order valence-corrected chi connectivity index (χ0v) is 15.1. The molecule has 0 aromatic carbocycles. The van der Waals surface area contributed by atoms with Crippen molar-refractivity contribution in [3.63, 3.8) is 0 Å². The highest BCUT2D eigenvalue weighted by Crippen LogP contribution is 2.44. The maximum atomic E-state index is 12.6. The van der Waals surface area contributed by atoms with Crippen LogP contribution in [0.4, 0.5) is 0 Å². The van der Waals surface area contributed by atoms with Crippen LogP contribution in [0.25, 0.3) is 0 Å². The molecule has 0 spiro atoms. The number of likely N-dealkylation sites (tertiary alicyclic amines) is 2. The molecule has 2 saturated heterocycles. The second-order valence-corrected chi connectivity index (χ2v) is 8.22. The van der Waals surface area contributed by atoms with Crippen molar-refractivity contribution in [1.82, 2.24) is 20.0 Å². The van der Waals surface area contributed by atoms with Gasteiger partial charge in [0.05, 0.1) is 11.6 Å². The SMILES string of the molecule is C=CCN1C[C@]2(C(=O)O)CN(Cc3cc(C(C)(C)C)n[nH]3)C[C@@H]2C1=O. The van der Waals surface area contributed by atoms with Gasteiger partial charge in [-0.3, -0.25) is 19.6 Å². The van der Waals surface area contributed by atoms with E-state index >= 15 is 0 Å². The Hall–Kier alpha value is -2.15. The Bertz CT molecular complexity index is 705. The van der Waals surface area contributed by atoms with E-state index in [1.807, 2.05) is 11.0 Å². The number of aliphatic carboxylic acids is 1. The molecule has 2 atom stereocenters. The van der Waals surface area contributed by atoms with Crippen LogP contribution in [0.15, 0.2) is 18.7 Å². The Morgan fingerprint density at radius 1 is 1.52 bits per heavy atom. The van der Waals surface area contributed by atoms with Crippen LogP contribution in [0.2, 0.25) is 0 Å². The van der Waals surface area contributed by atoms with Crippen LogP contribution >= 0.6 is 0 Å². The van der Waals surface area contributed by atoms with Gasteiger partial charge in [-0.25, -0.2) is 0 Å². The number of nitrogens with one attached hydrogen (secondary N) is 1. The fraction of sp³-hybridized carbons (Fsp3) is 0.611. The number of aromatic nitrogens is 2. The number of aromatic amines is 1. The molecule has 2 N–H and O–H groups in total. The molecule has 0 unspecified atom stereocenters. The number of amides is 1. The van der Waals surface area contributed by atoms with Gasteiger partial charge in [0, 0.05) is 43.8 Å². The summed E-state index contributed by atoms with van der Waals surface area (Å²) < 4.78 is 0. The second-order valence-electron chi connectivity index (χ2n) is 8.22. The van der Waals surface area contributed by atoms with Gasteiger partial charge in [0.25, 0.3) is 0 Å². The molecule has 0 saturated carbocycles. The van der Waals surface area contributed by atoms with E-state index in [1.54, 1.807) is 11.0 Å². The Morgan fingerprint density at radius 3 is 2.76 bits per heavy atom. The molecule has 0 aliphatic carbocycles. The minimum atomic E-state index is -1.02. The predicted molar refractivity (Wildman–Crippen MR) is 92.9 cm³/mol. The van der Waals surface area contributed by atoms with E-state index in [2.05, 4.69) is 37.5 Å². The molecule has 1 amide bonds. The quantitative estimate of drug-likeness (QED) is 0.783.